The van der Waals surface area contributed by atoms with Gasteiger partial charge >= 0.3 is 0 Å². The number of aliphatic hydroxyl groups is 1. The van der Waals surface area contributed by atoms with E-state index >= 15 is 0 Å². The fourth-order valence-electron chi connectivity index (χ4n) is 2.63. The predicted octanol–water partition coefficient (Wildman–Crippen LogP) is 1.94. The highest BCUT2D eigenvalue weighted by Gasteiger charge is 2.35. The van der Waals surface area contributed by atoms with Crippen molar-refractivity contribution < 1.29 is 14.8 Å². The second-order valence-electron chi connectivity index (χ2n) is 5.36. The second kappa shape index (κ2) is 5.58. The average molecular weight is 278 g/mol. The molecule has 1 saturated carbocycles. The van der Waals surface area contributed by atoms with Crippen LogP contribution in [0.15, 0.2) is 18.2 Å². The van der Waals surface area contributed by atoms with Crippen molar-refractivity contribution in [1.82, 2.24) is 5.32 Å². The Morgan fingerprint density at radius 3 is 2.65 bits per heavy atom. The van der Waals surface area contributed by atoms with Gasteiger partial charge in [-0.05, 0) is 25.8 Å². The van der Waals surface area contributed by atoms with Crippen molar-refractivity contribution in [2.45, 2.75) is 38.1 Å². The van der Waals surface area contributed by atoms with Crippen LogP contribution >= 0.6 is 0 Å². The van der Waals surface area contributed by atoms with E-state index in [2.05, 4.69) is 5.32 Å². The molecule has 1 aromatic rings. The molecule has 0 aliphatic heterocycles. The zero-order valence-electron chi connectivity index (χ0n) is 11.4. The predicted molar refractivity (Wildman–Crippen MR) is 73.6 cm³/mol. The van der Waals surface area contributed by atoms with Gasteiger partial charge < -0.3 is 10.4 Å². The number of nitrogens with zero attached hydrogens (tertiary/aromatic N) is 1. The summed E-state index contributed by atoms with van der Waals surface area (Å²) in [4.78, 5) is 22.6. The Labute approximate surface area is 117 Å². The van der Waals surface area contributed by atoms with Crippen LogP contribution in [0.2, 0.25) is 0 Å². The quantitative estimate of drug-likeness (QED) is 0.650. The van der Waals surface area contributed by atoms with Gasteiger partial charge in [-0.25, -0.2) is 0 Å². The molecule has 0 bridgehead atoms. The third-order valence-corrected chi connectivity index (χ3v) is 3.91. The van der Waals surface area contributed by atoms with Crippen molar-refractivity contribution in [3.05, 3.63) is 39.4 Å². The second-order valence-corrected chi connectivity index (χ2v) is 5.36. The average Bonchev–Trinajstić information content (AvgIpc) is 2.88. The first-order valence-electron chi connectivity index (χ1n) is 6.66. The SMILES string of the molecule is Cc1ccc(C(=O)NC2(CO)CCCC2)cc1[N+](=O)[O-]. The number of rotatable bonds is 4. The lowest BCUT2D eigenvalue weighted by atomic mass is 9.98. The largest absolute Gasteiger partial charge is 0.394 e. The molecule has 0 heterocycles. The van der Waals surface area contributed by atoms with Crippen molar-refractivity contribution in [3.8, 4) is 0 Å². The Hall–Kier alpha value is -1.95. The number of nitrogens with one attached hydrogen (secondary N) is 1. The van der Waals surface area contributed by atoms with E-state index in [0.717, 1.165) is 25.7 Å². The molecule has 0 spiro atoms. The standard InChI is InChI=1S/C14H18N2O4/c1-10-4-5-11(8-12(10)16(19)20)13(18)15-14(9-17)6-2-3-7-14/h4-5,8,17H,2-3,6-7,9H2,1H3,(H,15,18). The highest BCUT2D eigenvalue weighted by atomic mass is 16.6. The monoisotopic (exact) mass is 278 g/mol. The Morgan fingerprint density at radius 1 is 1.45 bits per heavy atom. The number of carbonyl (C=O) groups excluding carboxylic acids is 1. The molecule has 20 heavy (non-hydrogen) atoms. The number of nitro groups is 1. The maximum Gasteiger partial charge on any atom is 0.273 e. The Kier molecular flexibility index (Phi) is 4.04. The van der Waals surface area contributed by atoms with Crippen molar-refractivity contribution in [2.24, 2.45) is 0 Å². The maximum absolute atomic E-state index is 12.2. The minimum Gasteiger partial charge on any atom is -0.394 e. The van der Waals surface area contributed by atoms with E-state index in [1.54, 1.807) is 19.1 Å². The van der Waals surface area contributed by atoms with Crippen LogP contribution in [0.4, 0.5) is 5.69 Å². The number of benzene rings is 1. The summed E-state index contributed by atoms with van der Waals surface area (Å²) in [5.74, 6) is -0.371. The van der Waals surface area contributed by atoms with Crippen LogP contribution in [0, 0.1) is 17.0 Å². The van der Waals surface area contributed by atoms with Gasteiger partial charge in [-0.15, -0.1) is 0 Å². The molecule has 0 aromatic heterocycles. The van der Waals surface area contributed by atoms with Crippen LogP contribution in [0.25, 0.3) is 0 Å². The number of carbonyl (C=O) groups is 1. The maximum atomic E-state index is 12.2. The molecule has 2 N–H and O–H groups in total. The van der Waals surface area contributed by atoms with Crippen molar-refractivity contribution in [2.75, 3.05) is 6.61 Å². The first-order valence-corrected chi connectivity index (χ1v) is 6.66. The van der Waals surface area contributed by atoms with E-state index in [9.17, 15) is 20.0 Å². The summed E-state index contributed by atoms with van der Waals surface area (Å²) in [5.41, 5.74) is 0.130. The van der Waals surface area contributed by atoms with Gasteiger partial charge in [-0.2, -0.15) is 0 Å². The summed E-state index contributed by atoms with van der Waals surface area (Å²) in [6.07, 6.45) is 3.41. The number of amides is 1. The first-order chi connectivity index (χ1) is 9.47. The summed E-state index contributed by atoms with van der Waals surface area (Å²) in [6.45, 7) is 1.53. The summed E-state index contributed by atoms with van der Waals surface area (Å²) in [6, 6.07) is 4.41. The smallest absolute Gasteiger partial charge is 0.273 e. The first kappa shape index (κ1) is 14.5. The molecule has 0 atom stereocenters. The normalized spacial score (nSPS) is 16.9. The number of aryl methyl sites for hydroxylation is 1. The molecular weight excluding hydrogens is 260 g/mol. The Balaban J connectivity index is 2.21. The fourth-order valence-corrected chi connectivity index (χ4v) is 2.63. The van der Waals surface area contributed by atoms with Gasteiger partial charge in [-0.1, -0.05) is 18.9 Å². The van der Waals surface area contributed by atoms with E-state index < -0.39 is 10.5 Å². The molecule has 0 unspecified atom stereocenters. The minimum absolute atomic E-state index is 0.0675. The lowest BCUT2D eigenvalue weighted by Crippen LogP contribution is -2.49. The van der Waals surface area contributed by atoms with Crippen LogP contribution in [-0.4, -0.2) is 28.1 Å². The van der Waals surface area contributed by atoms with E-state index in [-0.39, 0.29) is 23.8 Å². The molecule has 108 valence electrons. The number of hydrogen-bond donors (Lipinski definition) is 2. The van der Waals surface area contributed by atoms with Crippen molar-refractivity contribution in [3.63, 3.8) is 0 Å². The van der Waals surface area contributed by atoms with Crippen LogP contribution in [0.5, 0.6) is 0 Å². The molecule has 1 aliphatic rings. The summed E-state index contributed by atoms with van der Waals surface area (Å²) >= 11 is 0. The number of hydrogen-bond acceptors (Lipinski definition) is 4. The molecule has 6 nitrogen and oxygen atoms in total. The summed E-state index contributed by atoms with van der Waals surface area (Å²) in [7, 11) is 0. The zero-order valence-corrected chi connectivity index (χ0v) is 11.4. The Morgan fingerprint density at radius 2 is 2.10 bits per heavy atom. The molecule has 0 radical (unpaired) electrons. The molecule has 1 amide bonds. The van der Waals surface area contributed by atoms with Gasteiger partial charge in [0.2, 0.25) is 0 Å². The molecule has 1 aromatic carbocycles. The van der Waals surface area contributed by atoms with Gasteiger partial charge in [0.05, 0.1) is 17.1 Å². The fraction of sp³-hybridized carbons (Fsp3) is 0.500. The van der Waals surface area contributed by atoms with Gasteiger partial charge in [0.25, 0.3) is 11.6 Å². The van der Waals surface area contributed by atoms with Gasteiger partial charge in [0.1, 0.15) is 0 Å². The summed E-state index contributed by atoms with van der Waals surface area (Å²) in [5, 5.41) is 23.2. The molecule has 2 rings (SSSR count). The topological polar surface area (TPSA) is 92.5 Å². The molecular formula is C14H18N2O4. The highest BCUT2D eigenvalue weighted by Crippen LogP contribution is 2.29. The number of aliphatic hydroxyl groups excluding tert-OH is 1. The van der Waals surface area contributed by atoms with E-state index in [0.29, 0.717) is 5.56 Å². The minimum atomic E-state index is -0.573. The third kappa shape index (κ3) is 2.80. The highest BCUT2D eigenvalue weighted by molar-refractivity contribution is 5.95. The van der Waals surface area contributed by atoms with Crippen LogP contribution in [0.1, 0.15) is 41.6 Å². The molecule has 1 aliphatic carbocycles. The molecule has 6 heteroatoms. The molecule has 0 saturated heterocycles. The number of nitro benzene ring substituents is 1. The van der Waals surface area contributed by atoms with Crippen LogP contribution in [0.3, 0.4) is 0 Å². The third-order valence-electron chi connectivity index (χ3n) is 3.91. The van der Waals surface area contributed by atoms with Crippen LogP contribution < -0.4 is 5.32 Å². The lowest BCUT2D eigenvalue weighted by Gasteiger charge is -2.27. The van der Waals surface area contributed by atoms with E-state index in [1.807, 2.05) is 0 Å². The summed E-state index contributed by atoms with van der Waals surface area (Å²) < 4.78 is 0. The van der Waals surface area contributed by atoms with Crippen LogP contribution in [-0.2, 0) is 0 Å². The van der Waals surface area contributed by atoms with Gasteiger partial charge in [0, 0.05) is 17.2 Å². The van der Waals surface area contributed by atoms with Crippen molar-refractivity contribution >= 4 is 11.6 Å². The van der Waals surface area contributed by atoms with E-state index in [4.69, 9.17) is 0 Å². The lowest BCUT2D eigenvalue weighted by molar-refractivity contribution is -0.385. The zero-order chi connectivity index (χ0) is 14.8. The molecule has 1 fully saturated rings. The van der Waals surface area contributed by atoms with E-state index in [1.165, 1.54) is 6.07 Å². The van der Waals surface area contributed by atoms with Gasteiger partial charge in [-0.3, -0.25) is 14.9 Å². The Bertz CT molecular complexity index is 536. The van der Waals surface area contributed by atoms with Gasteiger partial charge in [0.15, 0.2) is 0 Å². The van der Waals surface area contributed by atoms with Crippen molar-refractivity contribution in [1.29, 1.82) is 0 Å².